The topological polar surface area (TPSA) is 24.9 Å². The lowest BCUT2D eigenvalue weighted by Gasteiger charge is -2.36. The minimum absolute atomic E-state index is 0.340. The molecule has 2 rings (SSSR count). The molecule has 2 nitrogen and oxygen atoms in total. The third-order valence-electron chi connectivity index (χ3n) is 4.13. The minimum Gasteiger partial charge on any atom is -0.311 e. The summed E-state index contributed by atoms with van der Waals surface area (Å²) in [4.78, 5) is 4.62. The highest BCUT2D eigenvalue weighted by atomic mass is 79.9. The minimum atomic E-state index is 0.340. The second kappa shape index (κ2) is 6.68. The number of halogens is 2. The standard InChI is InChI=1S/C15H22Br2N2/c1-9-4-10(2)6-11(5-9)14(18-3)15-13(17)7-12(16)8-19-15/h7-11,14,18H,4-6H2,1-3H3. The monoisotopic (exact) mass is 388 g/mol. The van der Waals surface area contributed by atoms with Gasteiger partial charge in [0, 0.05) is 15.1 Å². The van der Waals surface area contributed by atoms with Gasteiger partial charge in [-0.3, -0.25) is 4.98 Å². The van der Waals surface area contributed by atoms with Crippen LogP contribution in [0.15, 0.2) is 21.2 Å². The molecule has 1 aromatic rings. The van der Waals surface area contributed by atoms with Crippen LogP contribution in [0.2, 0.25) is 0 Å². The molecule has 0 aliphatic heterocycles. The summed E-state index contributed by atoms with van der Waals surface area (Å²) in [6.45, 7) is 4.75. The van der Waals surface area contributed by atoms with Crippen molar-refractivity contribution >= 4 is 31.9 Å². The Hall–Kier alpha value is 0.0700. The Morgan fingerprint density at radius 3 is 2.37 bits per heavy atom. The van der Waals surface area contributed by atoms with Gasteiger partial charge in [0.25, 0.3) is 0 Å². The van der Waals surface area contributed by atoms with E-state index >= 15 is 0 Å². The van der Waals surface area contributed by atoms with Gasteiger partial charge in [0.15, 0.2) is 0 Å². The van der Waals surface area contributed by atoms with E-state index in [0.717, 1.165) is 26.5 Å². The van der Waals surface area contributed by atoms with Crippen molar-refractivity contribution in [2.75, 3.05) is 7.05 Å². The van der Waals surface area contributed by atoms with Gasteiger partial charge in [-0.2, -0.15) is 0 Å². The second-order valence-corrected chi connectivity index (χ2v) is 7.73. The third-order valence-corrected chi connectivity index (χ3v) is 5.20. The molecular weight excluding hydrogens is 368 g/mol. The van der Waals surface area contributed by atoms with E-state index in [9.17, 15) is 0 Å². The number of rotatable bonds is 3. The number of pyridine rings is 1. The fraction of sp³-hybridized carbons (Fsp3) is 0.667. The van der Waals surface area contributed by atoms with Crippen LogP contribution in [-0.2, 0) is 0 Å². The predicted molar refractivity (Wildman–Crippen MR) is 87.1 cm³/mol. The number of hydrogen-bond acceptors (Lipinski definition) is 2. The molecule has 1 aromatic heterocycles. The van der Waals surface area contributed by atoms with Gasteiger partial charge >= 0.3 is 0 Å². The SMILES string of the molecule is CNC(c1ncc(Br)cc1Br)C1CC(C)CC(C)C1. The molecule has 0 bridgehead atoms. The summed E-state index contributed by atoms with van der Waals surface area (Å²) in [5.74, 6) is 2.31. The van der Waals surface area contributed by atoms with Crippen LogP contribution < -0.4 is 5.32 Å². The highest BCUT2D eigenvalue weighted by Gasteiger charge is 2.31. The van der Waals surface area contributed by atoms with Crippen LogP contribution in [0.1, 0.15) is 44.8 Å². The normalized spacial score (nSPS) is 29.2. The van der Waals surface area contributed by atoms with Gasteiger partial charge in [-0.25, -0.2) is 0 Å². The molecule has 1 saturated carbocycles. The van der Waals surface area contributed by atoms with E-state index in [0.29, 0.717) is 12.0 Å². The average Bonchev–Trinajstić information content (AvgIpc) is 2.31. The molecule has 3 atom stereocenters. The Morgan fingerprint density at radius 1 is 1.21 bits per heavy atom. The first-order valence-electron chi connectivity index (χ1n) is 6.99. The van der Waals surface area contributed by atoms with Crippen LogP contribution in [-0.4, -0.2) is 12.0 Å². The second-order valence-electron chi connectivity index (χ2n) is 5.96. The van der Waals surface area contributed by atoms with Gasteiger partial charge < -0.3 is 5.32 Å². The van der Waals surface area contributed by atoms with Gasteiger partial charge in [0.05, 0.1) is 11.7 Å². The van der Waals surface area contributed by atoms with Crippen molar-refractivity contribution in [1.29, 1.82) is 0 Å². The molecule has 0 amide bonds. The van der Waals surface area contributed by atoms with Crippen LogP contribution in [0.25, 0.3) is 0 Å². The maximum absolute atomic E-state index is 4.62. The van der Waals surface area contributed by atoms with Gasteiger partial charge in [0.1, 0.15) is 0 Å². The molecule has 3 unspecified atom stereocenters. The lowest BCUT2D eigenvalue weighted by molar-refractivity contribution is 0.178. The summed E-state index contributed by atoms with van der Waals surface area (Å²) >= 11 is 7.12. The molecule has 0 spiro atoms. The molecule has 106 valence electrons. The molecule has 1 fully saturated rings. The molecule has 1 aliphatic carbocycles. The summed E-state index contributed by atoms with van der Waals surface area (Å²) in [7, 11) is 2.05. The lowest BCUT2D eigenvalue weighted by Crippen LogP contribution is -2.32. The molecule has 0 radical (unpaired) electrons. The van der Waals surface area contributed by atoms with E-state index in [-0.39, 0.29) is 0 Å². The Labute approximate surface area is 133 Å². The molecule has 4 heteroatoms. The van der Waals surface area contributed by atoms with Crippen molar-refractivity contribution in [1.82, 2.24) is 10.3 Å². The maximum Gasteiger partial charge on any atom is 0.0718 e. The van der Waals surface area contributed by atoms with Crippen molar-refractivity contribution in [2.45, 2.75) is 39.2 Å². The van der Waals surface area contributed by atoms with Gasteiger partial charge in [0.2, 0.25) is 0 Å². The fourth-order valence-electron chi connectivity index (χ4n) is 3.53. The molecule has 19 heavy (non-hydrogen) atoms. The summed E-state index contributed by atoms with van der Waals surface area (Å²) in [6.07, 6.45) is 5.84. The molecule has 0 saturated heterocycles. The molecule has 0 aromatic carbocycles. The van der Waals surface area contributed by atoms with Gasteiger partial charge in [-0.05, 0) is 82.0 Å². The predicted octanol–water partition coefficient (Wildman–Crippen LogP) is 4.94. The quantitative estimate of drug-likeness (QED) is 0.791. The van der Waals surface area contributed by atoms with Crippen molar-refractivity contribution < 1.29 is 0 Å². The van der Waals surface area contributed by atoms with E-state index in [1.54, 1.807) is 0 Å². The van der Waals surface area contributed by atoms with E-state index < -0.39 is 0 Å². The molecule has 1 heterocycles. The first kappa shape index (κ1) is 15.5. The summed E-state index contributed by atoms with van der Waals surface area (Å²) < 4.78 is 2.11. The Balaban J connectivity index is 2.23. The van der Waals surface area contributed by atoms with Gasteiger partial charge in [-0.1, -0.05) is 13.8 Å². The zero-order valence-electron chi connectivity index (χ0n) is 11.8. The Kier molecular flexibility index (Phi) is 5.44. The van der Waals surface area contributed by atoms with Gasteiger partial charge in [-0.15, -0.1) is 0 Å². The fourth-order valence-corrected chi connectivity index (χ4v) is 4.77. The van der Waals surface area contributed by atoms with Crippen molar-refractivity contribution in [3.63, 3.8) is 0 Å². The summed E-state index contributed by atoms with van der Waals surface area (Å²) in [5.41, 5.74) is 1.14. The number of nitrogens with one attached hydrogen (secondary N) is 1. The molecular formula is C15H22Br2N2. The largest absolute Gasteiger partial charge is 0.311 e. The third kappa shape index (κ3) is 3.79. The van der Waals surface area contributed by atoms with Crippen LogP contribution >= 0.6 is 31.9 Å². The Bertz CT molecular complexity index is 426. The smallest absolute Gasteiger partial charge is 0.0718 e. The zero-order chi connectivity index (χ0) is 14.0. The molecule has 1 aliphatic rings. The molecule has 1 N–H and O–H groups in total. The van der Waals surface area contributed by atoms with E-state index in [1.165, 1.54) is 19.3 Å². The van der Waals surface area contributed by atoms with E-state index in [1.807, 2.05) is 13.2 Å². The van der Waals surface area contributed by atoms with E-state index in [4.69, 9.17) is 0 Å². The Morgan fingerprint density at radius 2 is 1.84 bits per heavy atom. The number of nitrogens with zero attached hydrogens (tertiary/aromatic N) is 1. The van der Waals surface area contributed by atoms with Crippen LogP contribution in [0.3, 0.4) is 0 Å². The summed E-state index contributed by atoms with van der Waals surface area (Å²) in [6, 6.07) is 2.43. The maximum atomic E-state index is 4.62. The summed E-state index contributed by atoms with van der Waals surface area (Å²) in [5, 5.41) is 3.48. The van der Waals surface area contributed by atoms with Crippen LogP contribution in [0.5, 0.6) is 0 Å². The highest BCUT2D eigenvalue weighted by molar-refractivity contribution is 9.11. The van der Waals surface area contributed by atoms with Crippen LogP contribution in [0, 0.1) is 17.8 Å². The van der Waals surface area contributed by atoms with Crippen LogP contribution in [0.4, 0.5) is 0 Å². The van der Waals surface area contributed by atoms with Crippen molar-refractivity contribution in [2.24, 2.45) is 17.8 Å². The van der Waals surface area contributed by atoms with Crippen molar-refractivity contribution in [3.05, 3.63) is 26.9 Å². The van der Waals surface area contributed by atoms with E-state index in [2.05, 4.69) is 62.1 Å². The average molecular weight is 390 g/mol. The number of hydrogen-bond donors (Lipinski definition) is 1. The number of aromatic nitrogens is 1. The first-order valence-corrected chi connectivity index (χ1v) is 8.58. The zero-order valence-corrected chi connectivity index (χ0v) is 15.0. The highest BCUT2D eigenvalue weighted by Crippen LogP contribution is 2.40. The first-order chi connectivity index (χ1) is 9.01. The van der Waals surface area contributed by atoms with Crippen molar-refractivity contribution in [3.8, 4) is 0 Å². The lowest BCUT2D eigenvalue weighted by atomic mass is 9.73.